The lowest BCUT2D eigenvalue weighted by Gasteiger charge is -2.33. The van der Waals surface area contributed by atoms with Crippen LogP contribution in [0.1, 0.15) is 12.0 Å². The van der Waals surface area contributed by atoms with Gasteiger partial charge < -0.3 is 15.1 Å². The van der Waals surface area contributed by atoms with E-state index in [2.05, 4.69) is 51.3 Å². The van der Waals surface area contributed by atoms with Crippen LogP contribution in [0.4, 0.5) is 17.1 Å². The first kappa shape index (κ1) is 20.7. The molecule has 0 atom stereocenters. The number of hydrogen-bond acceptors (Lipinski definition) is 6. The predicted molar refractivity (Wildman–Crippen MR) is 119 cm³/mol. The number of anilines is 3. The molecule has 1 amide bonds. The minimum absolute atomic E-state index is 0.192. The van der Waals surface area contributed by atoms with Gasteiger partial charge in [-0.3, -0.25) is 14.9 Å². The van der Waals surface area contributed by atoms with Crippen LogP contribution in [0.5, 0.6) is 0 Å². The van der Waals surface area contributed by atoms with Gasteiger partial charge in [-0.1, -0.05) is 12.1 Å². The third-order valence-corrected chi connectivity index (χ3v) is 5.91. The zero-order chi connectivity index (χ0) is 20.9. The van der Waals surface area contributed by atoms with E-state index in [4.69, 9.17) is 0 Å². The Labute approximate surface area is 178 Å². The lowest BCUT2D eigenvalue weighted by Crippen LogP contribution is -2.48. The van der Waals surface area contributed by atoms with Crippen molar-refractivity contribution in [2.45, 2.75) is 13.0 Å². The Morgan fingerprint density at radius 2 is 1.53 bits per heavy atom. The summed E-state index contributed by atoms with van der Waals surface area (Å²) < 4.78 is 0. The fourth-order valence-corrected chi connectivity index (χ4v) is 3.73. The van der Waals surface area contributed by atoms with Crippen LogP contribution in [0.15, 0.2) is 48.5 Å². The van der Waals surface area contributed by atoms with E-state index in [-0.39, 0.29) is 19.0 Å². The highest BCUT2D eigenvalue weighted by Gasteiger charge is 2.19. The minimum Gasteiger partial charge on any atom is -0.371 e. The van der Waals surface area contributed by atoms with E-state index < -0.39 is 0 Å². The van der Waals surface area contributed by atoms with Crippen molar-refractivity contribution >= 4 is 23.0 Å². The van der Waals surface area contributed by atoms with Gasteiger partial charge in [-0.05, 0) is 55.4 Å². The maximum atomic E-state index is 12.3. The molecule has 30 heavy (non-hydrogen) atoms. The highest BCUT2D eigenvalue weighted by atomic mass is 16.5. The summed E-state index contributed by atoms with van der Waals surface area (Å²) in [5, 5.41) is 14.4. The molecule has 0 spiro atoms. The number of rotatable bonds is 7. The predicted octanol–water partition coefficient (Wildman–Crippen LogP) is 2.61. The van der Waals surface area contributed by atoms with Crippen LogP contribution in [-0.4, -0.2) is 78.8 Å². The molecule has 2 N–H and O–H groups in total. The SMILES string of the molecule is CN1CCN(CC(=O)N(O)Cc2ccc(Nc3ccc(N4CCC4)cc3)cc2)CC1. The lowest BCUT2D eigenvalue weighted by molar-refractivity contribution is -0.169. The normalized spacial score (nSPS) is 17.5. The molecule has 2 saturated heterocycles. The van der Waals surface area contributed by atoms with Crippen molar-refractivity contribution in [2.24, 2.45) is 0 Å². The topological polar surface area (TPSA) is 62.3 Å². The number of amides is 1. The van der Waals surface area contributed by atoms with Gasteiger partial charge >= 0.3 is 0 Å². The van der Waals surface area contributed by atoms with Crippen LogP contribution < -0.4 is 10.2 Å². The number of carbonyl (C=O) groups is 1. The van der Waals surface area contributed by atoms with E-state index in [0.29, 0.717) is 0 Å². The number of nitrogens with one attached hydrogen (secondary N) is 1. The van der Waals surface area contributed by atoms with E-state index in [1.807, 2.05) is 24.3 Å². The molecule has 2 aliphatic heterocycles. The molecule has 2 heterocycles. The van der Waals surface area contributed by atoms with E-state index in [1.165, 1.54) is 12.1 Å². The Bertz CT molecular complexity index is 828. The van der Waals surface area contributed by atoms with Crippen LogP contribution >= 0.6 is 0 Å². The Kier molecular flexibility index (Phi) is 6.52. The molecule has 2 fully saturated rings. The minimum atomic E-state index is -0.260. The highest BCUT2D eigenvalue weighted by molar-refractivity contribution is 5.77. The van der Waals surface area contributed by atoms with Crippen LogP contribution in [0.3, 0.4) is 0 Å². The van der Waals surface area contributed by atoms with E-state index in [9.17, 15) is 10.0 Å². The van der Waals surface area contributed by atoms with Gasteiger partial charge in [-0.15, -0.1) is 0 Å². The second-order valence-corrected chi connectivity index (χ2v) is 8.24. The summed E-state index contributed by atoms with van der Waals surface area (Å²) in [7, 11) is 2.08. The summed E-state index contributed by atoms with van der Waals surface area (Å²) in [6.45, 7) is 6.37. The monoisotopic (exact) mass is 409 g/mol. The van der Waals surface area contributed by atoms with Crippen LogP contribution in [0.25, 0.3) is 0 Å². The van der Waals surface area contributed by atoms with Gasteiger partial charge in [0.25, 0.3) is 5.91 Å². The molecular weight excluding hydrogens is 378 g/mol. The molecule has 7 nitrogen and oxygen atoms in total. The molecule has 0 aliphatic carbocycles. The average molecular weight is 410 g/mol. The van der Waals surface area contributed by atoms with Crippen molar-refractivity contribution < 1.29 is 10.0 Å². The summed E-state index contributed by atoms with van der Waals surface area (Å²) in [6.07, 6.45) is 1.28. The number of piperazine rings is 1. The number of carbonyl (C=O) groups excluding carboxylic acids is 1. The van der Waals surface area contributed by atoms with Gasteiger partial charge in [0, 0.05) is 56.3 Å². The van der Waals surface area contributed by atoms with Crippen molar-refractivity contribution in [3.05, 3.63) is 54.1 Å². The fourth-order valence-electron chi connectivity index (χ4n) is 3.73. The molecular formula is C23H31N5O2. The van der Waals surface area contributed by atoms with Gasteiger partial charge in [-0.2, -0.15) is 0 Å². The average Bonchev–Trinajstić information content (AvgIpc) is 2.71. The Hall–Kier alpha value is -2.61. The summed E-state index contributed by atoms with van der Waals surface area (Å²) in [5.41, 5.74) is 4.18. The second-order valence-electron chi connectivity index (χ2n) is 8.24. The standard InChI is InChI=1S/C23H31N5O2/c1-25-13-15-26(16-14-25)18-23(29)28(30)17-19-3-5-20(6-4-19)24-21-7-9-22(10-8-21)27-11-2-12-27/h3-10,24,30H,2,11-18H2,1H3. The molecule has 0 radical (unpaired) electrons. The Morgan fingerprint density at radius 3 is 2.10 bits per heavy atom. The van der Waals surface area contributed by atoms with Crippen LogP contribution in [-0.2, 0) is 11.3 Å². The van der Waals surface area contributed by atoms with Crippen molar-refractivity contribution in [3.63, 3.8) is 0 Å². The first-order valence-corrected chi connectivity index (χ1v) is 10.7. The lowest BCUT2D eigenvalue weighted by atomic mass is 10.1. The van der Waals surface area contributed by atoms with Gasteiger partial charge in [-0.25, -0.2) is 5.06 Å². The van der Waals surface area contributed by atoms with Crippen molar-refractivity contribution in [2.75, 3.05) is 63.1 Å². The zero-order valence-electron chi connectivity index (χ0n) is 17.6. The molecule has 2 aliphatic rings. The number of likely N-dealkylation sites (N-methyl/N-ethyl adjacent to an activating group) is 1. The maximum absolute atomic E-state index is 12.3. The number of hydrogen-bond donors (Lipinski definition) is 2. The van der Waals surface area contributed by atoms with Gasteiger partial charge in [0.1, 0.15) is 0 Å². The van der Waals surface area contributed by atoms with Crippen molar-refractivity contribution in [1.82, 2.24) is 14.9 Å². The fraction of sp³-hybridized carbons (Fsp3) is 0.435. The molecule has 2 aromatic carbocycles. The smallest absolute Gasteiger partial charge is 0.260 e. The van der Waals surface area contributed by atoms with Gasteiger partial charge in [0.2, 0.25) is 0 Å². The third-order valence-electron chi connectivity index (χ3n) is 5.91. The maximum Gasteiger partial charge on any atom is 0.260 e. The summed E-state index contributed by atoms with van der Waals surface area (Å²) in [5.74, 6) is -0.260. The second kappa shape index (κ2) is 9.47. The van der Waals surface area contributed by atoms with Crippen molar-refractivity contribution in [1.29, 1.82) is 0 Å². The molecule has 0 aromatic heterocycles. The number of nitrogens with zero attached hydrogens (tertiary/aromatic N) is 4. The van der Waals surface area contributed by atoms with Gasteiger partial charge in [0.05, 0.1) is 13.1 Å². The number of hydroxylamine groups is 2. The van der Waals surface area contributed by atoms with E-state index in [1.54, 1.807) is 0 Å². The Balaban J connectivity index is 1.26. The first-order valence-electron chi connectivity index (χ1n) is 10.7. The third kappa shape index (κ3) is 5.30. The van der Waals surface area contributed by atoms with Crippen molar-refractivity contribution in [3.8, 4) is 0 Å². The summed E-state index contributed by atoms with van der Waals surface area (Å²) >= 11 is 0. The highest BCUT2D eigenvalue weighted by Crippen LogP contribution is 2.24. The van der Waals surface area contributed by atoms with Gasteiger partial charge in [0.15, 0.2) is 0 Å². The largest absolute Gasteiger partial charge is 0.371 e. The molecule has 0 bridgehead atoms. The summed E-state index contributed by atoms with van der Waals surface area (Å²) in [4.78, 5) is 19.0. The number of benzene rings is 2. The molecule has 4 rings (SSSR count). The molecule has 7 heteroatoms. The van der Waals surface area contributed by atoms with E-state index >= 15 is 0 Å². The molecule has 160 valence electrons. The van der Waals surface area contributed by atoms with Crippen LogP contribution in [0.2, 0.25) is 0 Å². The van der Waals surface area contributed by atoms with Crippen LogP contribution in [0, 0.1) is 0 Å². The molecule has 0 saturated carbocycles. The molecule has 0 unspecified atom stereocenters. The molecule has 2 aromatic rings. The zero-order valence-corrected chi connectivity index (χ0v) is 17.6. The summed E-state index contributed by atoms with van der Waals surface area (Å²) in [6, 6.07) is 16.3. The Morgan fingerprint density at radius 1 is 0.933 bits per heavy atom. The quantitative estimate of drug-likeness (QED) is 0.542. The first-order chi connectivity index (χ1) is 14.6. The van der Waals surface area contributed by atoms with E-state index in [0.717, 1.165) is 61.3 Å².